The Balaban J connectivity index is 1.32. The number of likely N-dealkylation sites (tertiary alicyclic amines) is 1. The highest BCUT2D eigenvalue weighted by molar-refractivity contribution is 7.99. The van der Waals surface area contributed by atoms with Crippen molar-refractivity contribution in [3.8, 4) is 5.75 Å². The molecule has 1 saturated heterocycles. The number of nitrogens with zero attached hydrogens (tertiary/aromatic N) is 2. The molecule has 2 N–H and O–H groups in total. The fourth-order valence-electron chi connectivity index (χ4n) is 5.26. The molecule has 0 aliphatic carbocycles. The Morgan fingerprint density at radius 1 is 1.23 bits per heavy atom. The van der Waals surface area contributed by atoms with Crippen LogP contribution in [0.2, 0.25) is 5.02 Å². The van der Waals surface area contributed by atoms with Crippen LogP contribution >= 0.6 is 23.4 Å². The van der Waals surface area contributed by atoms with Crippen LogP contribution in [-0.4, -0.2) is 58.6 Å². The van der Waals surface area contributed by atoms with Crippen LogP contribution in [0.4, 0.5) is 13.2 Å². The molecule has 0 bridgehead atoms. The third-order valence-electron chi connectivity index (χ3n) is 7.63. The van der Waals surface area contributed by atoms with Gasteiger partial charge in [0, 0.05) is 22.0 Å². The maximum Gasteiger partial charge on any atom is 0.417 e. The van der Waals surface area contributed by atoms with Crippen molar-refractivity contribution in [2.75, 3.05) is 32.5 Å². The van der Waals surface area contributed by atoms with Gasteiger partial charge in [-0.15, -0.1) is 11.8 Å². The van der Waals surface area contributed by atoms with Gasteiger partial charge in [0.15, 0.2) is 0 Å². The largest absolute Gasteiger partial charge is 0.497 e. The Morgan fingerprint density at radius 2 is 1.95 bits per heavy atom. The molecule has 1 fully saturated rings. The number of aliphatic hydroxyl groups is 1. The lowest BCUT2D eigenvalue weighted by Gasteiger charge is -2.39. The summed E-state index contributed by atoms with van der Waals surface area (Å²) in [7, 11) is 1.55. The van der Waals surface area contributed by atoms with Gasteiger partial charge in [0.2, 0.25) is 0 Å². The number of thioether (sulfide) groups is 1. The maximum atomic E-state index is 13.2. The van der Waals surface area contributed by atoms with E-state index in [1.165, 1.54) is 30.1 Å². The first-order valence-electron chi connectivity index (χ1n) is 13.1. The van der Waals surface area contributed by atoms with E-state index in [0.717, 1.165) is 6.07 Å². The van der Waals surface area contributed by atoms with Crippen molar-refractivity contribution in [1.82, 2.24) is 9.88 Å². The number of aliphatic carboxylic acids is 1. The SMILES string of the molecule is COc1ccc2ncc(Cl)c([C@@H](O)CCC3(C(=O)O)CCN(CCCSc4ccccc4C(F)(F)F)CC3)c2c1. The number of ether oxygens (including phenoxy) is 1. The molecule has 0 unspecified atom stereocenters. The van der Waals surface area contributed by atoms with Gasteiger partial charge in [-0.25, -0.2) is 0 Å². The van der Waals surface area contributed by atoms with Crippen molar-refractivity contribution in [2.24, 2.45) is 5.41 Å². The van der Waals surface area contributed by atoms with E-state index < -0.39 is 29.2 Å². The van der Waals surface area contributed by atoms with Gasteiger partial charge in [0.1, 0.15) is 5.75 Å². The van der Waals surface area contributed by atoms with Crippen molar-refractivity contribution in [3.05, 3.63) is 64.8 Å². The zero-order chi connectivity index (χ0) is 28.9. The fraction of sp³-hybridized carbons (Fsp3) is 0.448. The predicted molar refractivity (Wildman–Crippen MR) is 150 cm³/mol. The van der Waals surface area contributed by atoms with Gasteiger partial charge in [0.05, 0.1) is 34.7 Å². The second kappa shape index (κ2) is 13.0. The minimum Gasteiger partial charge on any atom is -0.497 e. The van der Waals surface area contributed by atoms with Gasteiger partial charge in [-0.1, -0.05) is 23.7 Å². The number of aliphatic hydroxyl groups excluding tert-OH is 1. The number of hydrogen-bond donors (Lipinski definition) is 2. The Hall–Kier alpha value is -2.53. The van der Waals surface area contributed by atoms with Crippen LogP contribution in [0.25, 0.3) is 10.9 Å². The minimum absolute atomic E-state index is 0.220. The van der Waals surface area contributed by atoms with Gasteiger partial charge in [0.25, 0.3) is 0 Å². The number of rotatable bonds is 11. The molecule has 0 amide bonds. The van der Waals surface area contributed by atoms with E-state index in [0.29, 0.717) is 71.9 Å². The van der Waals surface area contributed by atoms with Gasteiger partial charge in [-0.05, 0) is 87.8 Å². The van der Waals surface area contributed by atoms with E-state index in [-0.39, 0.29) is 17.7 Å². The number of aromatic nitrogens is 1. The van der Waals surface area contributed by atoms with Crippen LogP contribution in [0.1, 0.15) is 49.3 Å². The second-order valence-electron chi connectivity index (χ2n) is 10.1. The first kappa shape index (κ1) is 30.4. The van der Waals surface area contributed by atoms with Crippen molar-refractivity contribution >= 4 is 40.2 Å². The summed E-state index contributed by atoms with van der Waals surface area (Å²) in [6.45, 7) is 1.82. The number of halogens is 4. The molecule has 11 heteroatoms. The van der Waals surface area contributed by atoms with Crippen LogP contribution in [0.15, 0.2) is 53.6 Å². The molecule has 2 heterocycles. The van der Waals surface area contributed by atoms with Gasteiger partial charge < -0.3 is 19.8 Å². The normalized spacial score (nSPS) is 16.6. The highest BCUT2D eigenvalue weighted by Crippen LogP contribution is 2.41. The lowest BCUT2D eigenvalue weighted by atomic mass is 9.74. The number of alkyl halides is 3. The molecule has 216 valence electrons. The quantitative estimate of drug-likeness (QED) is 0.181. The van der Waals surface area contributed by atoms with Gasteiger partial charge >= 0.3 is 12.1 Å². The maximum absolute atomic E-state index is 13.2. The zero-order valence-corrected chi connectivity index (χ0v) is 23.7. The van der Waals surface area contributed by atoms with Gasteiger partial charge in [-0.3, -0.25) is 9.78 Å². The smallest absolute Gasteiger partial charge is 0.417 e. The van der Waals surface area contributed by atoms with E-state index in [1.54, 1.807) is 31.4 Å². The molecule has 1 atom stereocenters. The lowest BCUT2D eigenvalue weighted by molar-refractivity contribution is -0.153. The highest BCUT2D eigenvalue weighted by atomic mass is 35.5. The van der Waals surface area contributed by atoms with Crippen LogP contribution < -0.4 is 4.74 Å². The number of benzene rings is 2. The van der Waals surface area contributed by atoms with E-state index in [2.05, 4.69) is 9.88 Å². The zero-order valence-electron chi connectivity index (χ0n) is 22.1. The third-order valence-corrected chi connectivity index (χ3v) is 9.09. The number of carbonyl (C=O) groups is 1. The standard InChI is InChI=1S/C29H32ClF3N2O4S/c1-39-19-7-8-23-20(17-19)26(22(30)18-34-23)24(36)9-10-28(27(37)38)11-14-35(15-12-28)13-4-16-40-25-6-3-2-5-21(25)29(31,32)33/h2-3,5-8,17-18,24,36H,4,9-16H2,1H3,(H,37,38)/t24-/m0/s1. The van der Waals surface area contributed by atoms with E-state index >= 15 is 0 Å². The molecule has 4 rings (SSSR count). The second-order valence-corrected chi connectivity index (χ2v) is 11.6. The topological polar surface area (TPSA) is 82.9 Å². The monoisotopic (exact) mass is 596 g/mol. The molecular weight excluding hydrogens is 565 g/mol. The number of fused-ring (bicyclic) bond motifs is 1. The Kier molecular flexibility index (Phi) is 9.87. The highest BCUT2D eigenvalue weighted by Gasteiger charge is 2.41. The fourth-order valence-corrected chi connectivity index (χ4v) is 6.55. The molecule has 0 spiro atoms. The summed E-state index contributed by atoms with van der Waals surface area (Å²) in [4.78, 5) is 19.1. The molecule has 1 aromatic heterocycles. The molecule has 0 saturated carbocycles. The van der Waals surface area contributed by atoms with E-state index in [1.807, 2.05) is 0 Å². The van der Waals surface area contributed by atoms with Crippen LogP contribution in [-0.2, 0) is 11.0 Å². The Bertz CT molecular complexity index is 1330. The van der Waals surface area contributed by atoms with Gasteiger partial charge in [-0.2, -0.15) is 13.2 Å². The average Bonchev–Trinajstić information content (AvgIpc) is 2.94. The van der Waals surface area contributed by atoms with Crippen molar-refractivity contribution in [2.45, 2.75) is 49.3 Å². The van der Waals surface area contributed by atoms with Crippen LogP contribution in [0.3, 0.4) is 0 Å². The summed E-state index contributed by atoms with van der Waals surface area (Å²) in [6, 6.07) is 10.9. The molecule has 1 aliphatic heterocycles. The average molecular weight is 597 g/mol. The number of carboxylic acids is 1. The van der Waals surface area contributed by atoms with E-state index in [4.69, 9.17) is 16.3 Å². The molecule has 0 radical (unpaired) electrons. The summed E-state index contributed by atoms with van der Waals surface area (Å²) in [5, 5.41) is 22.2. The molecule has 1 aliphatic rings. The summed E-state index contributed by atoms with van der Waals surface area (Å²) >= 11 is 7.61. The van der Waals surface area contributed by atoms with Crippen molar-refractivity contribution < 1.29 is 32.9 Å². The minimum atomic E-state index is -4.38. The first-order valence-corrected chi connectivity index (χ1v) is 14.5. The molecule has 3 aromatic rings. The summed E-state index contributed by atoms with van der Waals surface area (Å²) < 4.78 is 45.0. The summed E-state index contributed by atoms with van der Waals surface area (Å²) in [5.74, 6) is 0.249. The number of carboxylic acid groups (broad SMARTS) is 1. The Morgan fingerprint density at radius 3 is 2.62 bits per heavy atom. The first-order chi connectivity index (χ1) is 19.0. The van der Waals surface area contributed by atoms with Crippen molar-refractivity contribution in [3.63, 3.8) is 0 Å². The predicted octanol–water partition coefficient (Wildman–Crippen LogP) is 7.08. The Labute approximate surface area is 240 Å². The third kappa shape index (κ3) is 7.02. The number of piperidine rings is 1. The van der Waals surface area contributed by atoms with Crippen molar-refractivity contribution in [1.29, 1.82) is 0 Å². The number of pyridine rings is 1. The van der Waals surface area contributed by atoms with Crippen LogP contribution in [0, 0.1) is 5.41 Å². The summed E-state index contributed by atoms with van der Waals surface area (Å²) in [5.41, 5.74) is -0.425. The van der Waals surface area contributed by atoms with E-state index in [9.17, 15) is 28.2 Å². The molecular formula is C29H32ClF3N2O4S. The lowest BCUT2D eigenvalue weighted by Crippen LogP contribution is -2.44. The molecule has 2 aromatic carbocycles. The number of hydrogen-bond acceptors (Lipinski definition) is 6. The molecule has 40 heavy (non-hydrogen) atoms. The molecule has 6 nitrogen and oxygen atoms in total. The number of methoxy groups -OCH3 is 1. The summed E-state index contributed by atoms with van der Waals surface area (Å²) in [6.07, 6.45) is -1.82. The van der Waals surface area contributed by atoms with Crippen LogP contribution in [0.5, 0.6) is 5.75 Å².